The monoisotopic (exact) mass is 254 g/mol. The second kappa shape index (κ2) is 6.09. The first-order valence-electron chi connectivity index (χ1n) is 6.62. The fourth-order valence-corrected chi connectivity index (χ4v) is 1.89. The minimum absolute atomic E-state index is 0.212. The van der Waals surface area contributed by atoms with Gasteiger partial charge in [-0.15, -0.1) is 0 Å². The molecule has 104 valence electrons. The van der Waals surface area contributed by atoms with Gasteiger partial charge in [0.25, 0.3) is 0 Å². The van der Waals surface area contributed by atoms with Crippen LogP contribution in [-0.4, -0.2) is 28.5 Å². The molecule has 1 heterocycles. The first kappa shape index (κ1) is 14.8. The number of nitrogens with zero attached hydrogens (tertiary/aromatic N) is 2. The van der Waals surface area contributed by atoms with E-state index in [0.29, 0.717) is 13.2 Å². The Morgan fingerprint density at radius 3 is 2.61 bits per heavy atom. The van der Waals surface area contributed by atoms with Crippen molar-refractivity contribution in [3.63, 3.8) is 0 Å². The number of hydrogen-bond acceptors (Lipinski definition) is 4. The SMILES string of the molecule is CCCn1nc(C)c(N)c1NCC(C)(C)OCC. The molecule has 18 heavy (non-hydrogen) atoms. The molecule has 0 aliphatic carbocycles. The van der Waals surface area contributed by atoms with E-state index in [-0.39, 0.29) is 5.60 Å². The average molecular weight is 254 g/mol. The van der Waals surface area contributed by atoms with Gasteiger partial charge in [0.15, 0.2) is 0 Å². The molecule has 0 saturated carbocycles. The third-order valence-corrected chi connectivity index (χ3v) is 2.83. The van der Waals surface area contributed by atoms with Crippen LogP contribution >= 0.6 is 0 Å². The molecule has 0 fully saturated rings. The lowest BCUT2D eigenvalue weighted by Crippen LogP contribution is -2.34. The molecule has 0 saturated heterocycles. The van der Waals surface area contributed by atoms with E-state index < -0.39 is 0 Å². The maximum atomic E-state index is 6.05. The van der Waals surface area contributed by atoms with Gasteiger partial charge < -0.3 is 15.8 Å². The largest absolute Gasteiger partial charge is 0.394 e. The van der Waals surface area contributed by atoms with E-state index in [1.165, 1.54) is 0 Å². The highest BCUT2D eigenvalue weighted by Crippen LogP contribution is 2.23. The Hall–Kier alpha value is -1.23. The van der Waals surface area contributed by atoms with Crippen LogP contribution in [0.25, 0.3) is 0 Å². The summed E-state index contributed by atoms with van der Waals surface area (Å²) < 4.78 is 7.60. The van der Waals surface area contributed by atoms with Gasteiger partial charge in [0.2, 0.25) is 0 Å². The van der Waals surface area contributed by atoms with Crippen LogP contribution in [0.15, 0.2) is 0 Å². The van der Waals surface area contributed by atoms with E-state index in [9.17, 15) is 0 Å². The first-order valence-corrected chi connectivity index (χ1v) is 6.62. The number of nitrogens with two attached hydrogens (primary N) is 1. The minimum atomic E-state index is -0.212. The number of hydrogen-bond donors (Lipinski definition) is 2. The number of anilines is 2. The van der Waals surface area contributed by atoms with Crippen LogP contribution in [0.5, 0.6) is 0 Å². The van der Waals surface area contributed by atoms with E-state index >= 15 is 0 Å². The molecule has 0 aromatic carbocycles. The Labute approximate surface area is 110 Å². The summed E-state index contributed by atoms with van der Waals surface area (Å²) >= 11 is 0. The molecule has 0 aliphatic heterocycles. The topological polar surface area (TPSA) is 65.1 Å². The van der Waals surface area contributed by atoms with Gasteiger partial charge in [0.05, 0.1) is 17.0 Å². The summed E-state index contributed by atoms with van der Waals surface area (Å²) in [5.41, 5.74) is 7.45. The lowest BCUT2D eigenvalue weighted by atomic mass is 10.1. The lowest BCUT2D eigenvalue weighted by Gasteiger charge is -2.25. The second-order valence-electron chi connectivity index (χ2n) is 5.12. The maximum Gasteiger partial charge on any atom is 0.148 e. The zero-order chi connectivity index (χ0) is 13.8. The van der Waals surface area contributed by atoms with Crippen LogP contribution in [-0.2, 0) is 11.3 Å². The van der Waals surface area contributed by atoms with Crippen molar-refractivity contribution in [2.75, 3.05) is 24.2 Å². The zero-order valence-corrected chi connectivity index (χ0v) is 12.2. The Morgan fingerprint density at radius 2 is 2.06 bits per heavy atom. The molecular formula is C13H26N4O. The van der Waals surface area contributed by atoms with Crippen LogP contribution in [0.2, 0.25) is 0 Å². The summed E-state index contributed by atoms with van der Waals surface area (Å²) in [4.78, 5) is 0. The molecule has 5 nitrogen and oxygen atoms in total. The van der Waals surface area contributed by atoms with Gasteiger partial charge in [-0.3, -0.25) is 0 Å². The number of aromatic nitrogens is 2. The van der Waals surface area contributed by atoms with E-state index in [4.69, 9.17) is 10.5 Å². The van der Waals surface area contributed by atoms with E-state index in [1.807, 2.05) is 18.5 Å². The third-order valence-electron chi connectivity index (χ3n) is 2.83. The number of aryl methyl sites for hydroxylation is 2. The van der Waals surface area contributed by atoms with Gasteiger partial charge in [-0.05, 0) is 34.1 Å². The Kier molecular flexibility index (Phi) is 5.02. The smallest absolute Gasteiger partial charge is 0.148 e. The van der Waals surface area contributed by atoms with Gasteiger partial charge >= 0.3 is 0 Å². The highest BCUT2D eigenvalue weighted by molar-refractivity contribution is 5.64. The molecule has 0 spiro atoms. The van der Waals surface area contributed by atoms with Gasteiger partial charge in [-0.25, -0.2) is 4.68 Å². The van der Waals surface area contributed by atoms with E-state index in [2.05, 4.69) is 31.2 Å². The van der Waals surface area contributed by atoms with Crippen molar-refractivity contribution in [1.29, 1.82) is 0 Å². The van der Waals surface area contributed by atoms with Gasteiger partial charge in [-0.2, -0.15) is 5.10 Å². The van der Waals surface area contributed by atoms with Crippen LogP contribution in [0, 0.1) is 6.92 Å². The third kappa shape index (κ3) is 3.63. The molecule has 1 aromatic rings. The summed E-state index contributed by atoms with van der Waals surface area (Å²) in [5.74, 6) is 0.905. The Balaban J connectivity index is 2.77. The van der Waals surface area contributed by atoms with Crippen LogP contribution in [0.1, 0.15) is 39.8 Å². The first-order chi connectivity index (χ1) is 8.41. The molecule has 0 aliphatic rings. The fourth-order valence-electron chi connectivity index (χ4n) is 1.89. The van der Waals surface area contributed by atoms with Crippen molar-refractivity contribution in [3.8, 4) is 0 Å². The Bertz CT molecular complexity index is 385. The van der Waals surface area contributed by atoms with Crippen LogP contribution in [0.3, 0.4) is 0 Å². The zero-order valence-electron chi connectivity index (χ0n) is 12.2. The molecule has 1 rings (SSSR count). The predicted molar refractivity (Wildman–Crippen MR) is 75.9 cm³/mol. The quantitative estimate of drug-likeness (QED) is 0.784. The van der Waals surface area contributed by atoms with Gasteiger partial charge in [-0.1, -0.05) is 6.92 Å². The molecule has 0 unspecified atom stereocenters. The fraction of sp³-hybridized carbons (Fsp3) is 0.769. The summed E-state index contributed by atoms with van der Waals surface area (Å²) in [6.07, 6.45) is 1.03. The molecule has 5 heteroatoms. The normalized spacial score (nSPS) is 11.8. The number of nitrogens with one attached hydrogen (secondary N) is 1. The van der Waals surface area contributed by atoms with Crippen molar-refractivity contribution in [2.45, 2.75) is 53.2 Å². The van der Waals surface area contributed by atoms with E-state index in [1.54, 1.807) is 0 Å². The number of nitrogen functional groups attached to an aromatic ring is 1. The van der Waals surface area contributed by atoms with Crippen LogP contribution < -0.4 is 11.1 Å². The van der Waals surface area contributed by atoms with E-state index in [0.717, 1.165) is 30.2 Å². The van der Waals surface area contributed by atoms with Crippen molar-refractivity contribution < 1.29 is 4.74 Å². The summed E-state index contributed by atoms with van der Waals surface area (Å²) in [6, 6.07) is 0. The Morgan fingerprint density at radius 1 is 1.39 bits per heavy atom. The summed E-state index contributed by atoms with van der Waals surface area (Å²) in [5, 5.41) is 7.80. The van der Waals surface area contributed by atoms with Crippen LogP contribution in [0.4, 0.5) is 11.5 Å². The molecule has 1 aromatic heterocycles. The summed E-state index contributed by atoms with van der Waals surface area (Å²) in [6.45, 7) is 12.5. The lowest BCUT2D eigenvalue weighted by molar-refractivity contribution is 0.000601. The standard InChI is InChI=1S/C13H26N4O/c1-6-8-17-12(11(14)10(3)16-17)15-9-13(4,5)18-7-2/h15H,6-9,14H2,1-5H3. The van der Waals surface area contributed by atoms with Crippen molar-refractivity contribution >= 4 is 11.5 Å². The minimum Gasteiger partial charge on any atom is -0.394 e. The molecular weight excluding hydrogens is 228 g/mol. The maximum absolute atomic E-state index is 6.05. The number of rotatable bonds is 7. The molecule has 3 N–H and O–H groups in total. The molecule has 0 bridgehead atoms. The molecule has 0 atom stereocenters. The molecule has 0 radical (unpaired) electrons. The van der Waals surface area contributed by atoms with Gasteiger partial charge in [0.1, 0.15) is 5.82 Å². The second-order valence-corrected chi connectivity index (χ2v) is 5.12. The number of ether oxygens (including phenoxy) is 1. The summed E-state index contributed by atoms with van der Waals surface area (Å²) in [7, 11) is 0. The van der Waals surface area contributed by atoms with Crippen molar-refractivity contribution in [1.82, 2.24) is 9.78 Å². The highest BCUT2D eigenvalue weighted by atomic mass is 16.5. The highest BCUT2D eigenvalue weighted by Gasteiger charge is 2.20. The average Bonchev–Trinajstić information content (AvgIpc) is 2.53. The molecule has 0 amide bonds. The predicted octanol–water partition coefficient (Wildman–Crippen LogP) is 2.41. The van der Waals surface area contributed by atoms with Crippen molar-refractivity contribution in [2.24, 2.45) is 0 Å². The van der Waals surface area contributed by atoms with Gasteiger partial charge in [0, 0.05) is 19.7 Å². The van der Waals surface area contributed by atoms with Crippen molar-refractivity contribution in [3.05, 3.63) is 5.69 Å².